The number of rotatable bonds is 0. The second-order valence-corrected chi connectivity index (χ2v) is 5.82. The van der Waals surface area contributed by atoms with Crippen molar-refractivity contribution in [3.8, 4) is 0 Å². The van der Waals surface area contributed by atoms with Crippen LogP contribution in [-0.2, 0) is 25.9 Å². The van der Waals surface area contributed by atoms with Gasteiger partial charge in [-0.25, -0.2) is 9.78 Å². The summed E-state index contributed by atoms with van der Waals surface area (Å²) >= 11 is 3.60. The Morgan fingerprint density at radius 1 is 1.28 bits per heavy atom. The van der Waals surface area contributed by atoms with Crippen LogP contribution in [0.1, 0.15) is 0 Å². The molecule has 0 aliphatic carbocycles. The van der Waals surface area contributed by atoms with Crippen molar-refractivity contribution in [2.24, 2.45) is 14.1 Å². The molecule has 0 bridgehead atoms. The van der Waals surface area contributed by atoms with Gasteiger partial charge < -0.3 is 19.7 Å². The number of nitrogens with one attached hydrogen (secondary N) is 1. The maximum Gasteiger partial charge on any atom is 0.332 e. The number of hydrogen-bond acceptors (Lipinski definition) is 4. The van der Waals surface area contributed by atoms with Gasteiger partial charge in [-0.1, -0.05) is 0 Å². The second kappa shape index (κ2) is 5.12. The van der Waals surface area contributed by atoms with E-state index < -0.39 is 6.72 Å². The molecule has 0 saturated carbocycles. The van der Waals surface area contributed by atoms with Crippen LogP contribution >= 0.6 is 6.72 Å². The fourth-order valence-corrected chi connectivity index (χ4v) is 1.27. The Labute approximate surface area is 105 Å². The van der Waals surface area contributed by atoms with Gasteiger partial charge in [0.25, 0.3) is 5.56 Å². The monoisotopic (exact) mass is 294 g/mol. The first-order valence-corrected chi connectivity index (χ1v) is 7.16. The third-order valence-electron chi connectivity index (χ3n) is 2.03. The highest BCUT2D eigenvalue weighted by molar-refractivity contribution is 8.06. The Balaban J connectivity index is 0.000000280. The van der Waals surface area contributed by atoms with E-state index in [2.05, 4.69) is 21.8 Å². The number of aromatic nitrogens is 4. The molecular weight excluding hydrogens is 283 g/mol. The first-order chi connectivity index (χ1) is 8.13. The quantitative estimate of drug-likeness (QED) is 0.419. The molecule has 0 aliphatic rings. The van der Waals surface area contributed by atoms with E-state index in [1.807, 2.05) is 0 Å². The Bertz CT molecular complexity index is 717. The molecule has 0 saturated heterocycles. The lowest BCUT2D eigenvalue weighted by molar-refractivity contribution is 0.363. The molecule has 2 aromatic heterocycles. The molecular formula is C7H11N4O5PS. The molecule has 0 unspecified atom stereocenters. The molecule has 4 N–H and O–H groups in total. The van der Waals surface area contributed by atoms with Crippen LogP contribution in [0.4, 0.5) is 0 Å². The van der Waals surface area contributed by atoms with Crippen molar-refractivity contribution >= 4 is 29.7 Å². The van der Waals surface area contributed by atoms with Crippen LogP contribution in [-0.4, -0.2) is 33.8 Å². The van der Waals surface area contributed by atoms with Crippen molar-refractivity contribution < 1.29 is 14.7 Å². The lowest BCUT2D eigenvalue weighted by Gasteiger charge is -2.00. The molecule has 0 atom stereocenters. The summed E-state index contributed by atoms with van der Waals surface area (Å²) in [6.45, 7) is -3.81. The lowest BCUT2D eigenvalue weighted by Crippen LogP contribution is -2.36. The summed E-state index contributed by atoms with van der Waals surface area (Å²) in [5.41, 5.74) is 0.0119. The van der Waals surface area contributed by atoms with Crippen LogP contribution in [0.15, 0.2) is 15.9 Å². The van der Waals surface area contributed by atoms with Gasteiger partial charge in [-0.05, 0) is 11.8 Å². The topological polar surface area (TPSA) is 133 Å². The summed E-state index contributed by atoms with van der Waals surface area (Å²) in [6.07, 6.45) is 1.39. The number of hydrogen-bond donors (Lipinski definition) is 4. The molecule has 0 radical (unpaired) electrons. The average Bonchev–Trinajstić information content (AvgIpc) is 2.70. The molecule has 18 heavy (non-hydrogen) atoms. The molecule has 100 valence electrons. The molecule has 2 heterocycles. The van der Waals surface area contributed by atoms with E-state index in [0.29, 0.717) is 11.2 Å². The van der Waals surface area contributed by atoms with Gasteiger partial charge in [0.15, 0.2) is 5.65 Å². The molecule has 0 spiro atoms. The number of fused-ring (bicyclic) bond motifs is 1. The molecule has 11 heteroatoms. The third-order valence-corrected chi connectivity index (χ3v) is 2.03. The van der Waals surface area contributed by atoms with Gasteiger partial charge in [0.05, 0.1) is 6.33 Å². The first kappa shape index (κ1) is 14.7. The summed E-state index contributed by atoms with van der Waals surface area (Å²) in [7, 11) is 3.01. The summed E-state index contributed by atoms with van der Waals surface area (Å²) in [5, 5.41) is 0. The average molecular weight is 294 g/mol. The summed E-state index contributed by atoms with van der Waals surface area (Å²) < 4.78 is 2.37. The molecule has 2 aromatic rings. The van der Waals surface area contributed by atoms with E-state index in [9.17, 15) is 9.59 Å². The second-order valence-electron chi connectivity index (χ2n) is 3.32. The van der Waals surface area contributed by atoms with Crippen LogP contribution in [0.25, 0.3) is 11.2 Å². The van der Waals surface area contributed by atoms with E-state index in [1.165, 1.54) is 17.9 Å². The minimum absolute atomic E-state index is 0.351. The van der Waals surface area contributed by atoms with Gasteiger partial charge in [0, 0.05) is 14.1 Å². The zero-order valence-electron chi connectivity index (χ0n) is 9.43. The number of aryl methyl sites for hydroxylation is 1. The van der Waals surface area contributed by atoms with E-state index in [4.69, 9.17) is 14.7 Å². The first-order valence-electron chi connectivity index (χ1n) is 4.50. The number of nitrogens with zero attached hydrogens (tertiary/aromatic N) is 3. The predicted octanol–water partition coefficient (Wildman–Crippen LogP) is -1.85. The van der Waals surface area contributed by atoms with Crippen LogP contribution in [0.2, 0.25) is 0 Å². The van der Waals surface area contributed by atoms with E-state index >= 15 is 0 Å². The molecule has 0 amide bonds. The number of H-pyrrole nitrogens is 1. The summed E-state index contributed by atoms with van der Waals surface area (Å²) in [5.74, 6) is 0. The van der Waals surface area contributed by atoms with Crippen LogP contribution < -0.4 is 11.2 Å². The van der Waals surface area contributed by atoms with Crippen LogP contribution in [0.3, 0.4) is 0 Å². The molecule has 9 nitrogen and oxygen atoms in total. The van der Waals surface area contributed by atoms with Crippen molar-refractivity contribution in [3.05, 3.63) is 27.2 Å². The Kier molecular flexibility index (Phi) is 4.20. The fraction of sp³-hybridized carbons (Fsp3) is 0.286. The van der Waals surface area contributed by atoms with Crippen molar-refractivity contribution in [2.45, 2.75) is 0 Å². The van der Waals surface area contributed by atoms with Crippen molar-refractivity contribution in [3.63, 3.8) is 0 Å². The fourth-order valence-electron chi connectivity index (χ4n) is 1.27. The largest absolute Gasteiger partial charge is 0.339 e. The Morgan fingerprint density at radius 2 is 1.78 bits per heavy atom. The molecule has 0 aromatic carbocycles. The molecule has 0 aliphatic heterocycles. The summed E-state index contributed by atoms with van der Waals surface area (Å²) in [6, 6.07) is 0. The number of imidazole rings is 1. The molecule has 2 rings (SSSR count). The van der Waals surface area contributed by atoms with Crippen molar-refractivity contribution in [1.82, 2.24) is 19.1 Å². The van der Waals surface area contributed by atoms with Gasteiger partial charge in [0.2, 0.25) is 0 Å². The smallest absolute Gasteiger partial charge is 0.332 e. The van der Waals surface area contributed by atoms with Crippen LogP contribution in [0, 0.1) is 0 Å². The zero-order valence-corrected chi connectivity index (χ0v) is 11.1. The minimum Gasteiger partial charge on any atom is -0.339 e. The highest BCUT2D eigenvalue weighted by Crippen LogP contribution is 2.26. The highest BCUT2D eigenvalue weighted by Gasteiger charge is 2.08. The van der Waals surface area contributed by atoms with E-state index in [1.54, 1.807) is 7.05 Å². The van der Waals surface area contributed by atoms with Gasteiger partial charge in [-0.3, -0.25) is 13.9 Å². The van der Waals surface area contributed by atoms with Gasteiger partial charge in [-0.15, -0.1) is 0 Å². The van der Waals surface area contributed by atoms with Crippen molar-refractivity contribution in [1.29, 1.82) is 0 Å². The van der Waals surface area contributed by atoms with Crippen LogP contribution in [0.5, 0.6) is 0 Å². The third kappa shape index (κ3) is 3.34. The zero-order chi connectivity index (χ0) is 14.1. The highest BCUT2D eigenvalue weighted by atomic mass is 32.5. The van der Waals surface area contributed by atoms with E-state index in [0.717, 1.165) is 4.57 Å². The number of aromatic amines is 1. The lowest BCUT2D eigenvalue weighted by atomic mass is 10.5. The Morgan fingerprint density at radius 3 is 2.28 bits per heavy atom. The SMILES string of the molecule is Cn1c(=O)c2[nH]cnc2n(C)c1=O.OP(O)(O)=S. The maximum atomic E-state index is 11.4. The standard InChI is InChI=1S/C7H8N4O2.H3O3PS/c1-10-5-4(8-3-9-5)6(12)11(2)7(10)13;1-4(2,3)5/h3H,1-2H3,(H,8,9);(H3,1,2,3,5). The normalized spacial score (nSPS) is 11.2. The van der Waals surface area contributed by atoms with Gasteiger partial charge in [0.1, 0.15) is 5.52 Å². The predicted molar refractivity (Wildman–Crippen MR) is 67.5 cm³/mol. The maximum absolute atomic E-state index is 11.4. The minimum atomic E-state index is -3.81. The van der Waals surface area contributed by atoms with Crippen molar-refractivity contribution in [2.75, 3.05) is 0 Å². The Hall–Kier alpha value is -1.32. The van der Waals surface area contributed by atoms with E-state index in [-0.39, 0.29) is 11.2 Å². The van der Waals surface area contributed by atoms with Gasteiger partial charge >= 0.3 is 12.4 Å². The van der Waals surface area contributed by atoms with Gasteiger partial charge in [-0.2, -0.15) is 0 Å². The molecule has 0 fully saturated rings. The summed E-state index contributed by atoms with van der Waals surface area (Å²) in [4.78, 5) is 52.1.